The summed E-state index contributed by atoms with van der Waals surface area (Å²) in [6, 6.07) is 9.31. The molecule has 1 heteroatoms. The number of aryl methyl sites for hydroxylation is 1. The first kappa shape index (κ1) is 8.49. The van der Waals surface area contributed by atoms with Crippen LogP contribution in [0.3, 0.4) is 0 Å². The molecule has 4 atom stereocenters. The zero-order chi connectivity index (χ0) is 9.71. The molecule has 0 bridgehead atoms. The van der Waals surface area contributed by atoms with E-state index in [1.54, 1.807) is 5.56 Å². The Bertz CT molecular complexity index is 358. The first-order chi connectivity index (χ1) is 6.77. The topological polar surface area (TPSA) is 26.0 Å². The van der Waals surface area contributed by atoms with Gasteiger partial charge in [-0.2, -0.15) is 0 Å². The van der Waals surface area contributed by atoms with Gasteiger partial charge in [0.05, 0.1) is 0 Å². The van der Waals surface area contributed by atoms with Crippen LogP contribution in [0.1, 0.15) is 29.9 Å². The van der Waals surface area contributed by atoms with Crippen molar-refractivity contribution in [1.29, 1.82) is 0 Å². The molecule has 2 aliphatic carbocycles. The van der Waals surface area contributed by atoms with Crippen molar-refractivity contribution in [1.82, 2.24) is 0 Å². The Balaban J connectivity index is 1.77. The Labute approximate surface area is 85.3 Å². The van der Waals surface area contributed by atoms with E-state index in [0.29, 0.717) is 6.04 Å². The van der Waals surface area contributed by atoms with Crippen LogP contribution >= 0.6 is 0 Å². The maximum Gasteiger partial charge on any atom is 0.00739 e. The molecule has 0 saturated heterocycles. The third-order valence-electron chi connectivity index (χ3n) is 3.87. The summed E-state index contributed by atoms with van der Waals surface area (Å²) in [5.74, 6) is 2.58. The van der Waals surface area contributed by atoms with Crippen LogP contribution in [0.2, 0.25) is 0 Å². The normalized spacial score (nSPS) is 39.6. The highest BCUT2D eigenvalue weighted by atomic mass is 14.8. The van der Waals surface area contributed by atoms with E-state index in [2.05, 4.69) is 31.2 Å². The summed E-state index contributed by atoms with van der Waals surface area (Å²) in [6.07, 6.45) is 2.65. The molecule has 2 saturated carbocycles. The summed E-state index contributed by atoms with van der Waals surface area (Å²) in [7, 11) is 0. The molecule has 2 aliphatic rings. The standard InChI is InChI=1S/C13H17N/c1-8-4-2-3-5-9(8)10-6-11(10)12-7-13(12)14/h2-5,10-13H,6-7,14H2,1H3. The lowest BCUT2D eigenvalue weighted by Crippen LogP contribution is -2.03. The molecule has 0 radical (unpaired) electrons. The molecule has 0 spiro atoms. The van der Waals surface area contributed by atoms with Crippen LogP contribution in [0.4, 0.5) is 0 Å². The number of hydrogen-bond acceptors (Lipinski definition) is 1. The van der Waals surface area contributed by atoms with Crippen molar-refractivity contribution < 1.29 is 0 Å². The maximum absolute atomic E-state index is 5.89. The third-order valence-corrected chi connectivity index (χ3v) is 3.87. The van der Waals surface area contributed by atoms with E-state index < -0.39 is 0 Å². The highest BCUT2D eigenvalue weighted by molar-refractivity contribution is 5.34. The Morgan fingerprint density at radius 2 is 1.86 bits per heavy atom. The van der Waals surface area contributed by atoms with E-state index in [1.165, 1.54) is 18.4 Å². The second kappa shape index (κ2) is 2.83. The van der Waals surface area contributed by atoms with Gasteiger partial charge in [0, 0.05) is 6.04 Å². The SMILES string of the molecule is Cc1ccccc1C1CC1C1CC1N. The summed E-state index contributed by atoms with van der Waals surface area (Å²) in [5, 5.41) is 0. The Hall–Kier alpha value is -0.820. The zero-order valence-electron chi connectivity index (χ0n) is 8.61. The van der Waals surface area contributed by atoms with E-state index in [0.717, 1.165) is 17.8 Å². The van der Waals surface area contributed by atoms with E-state index in [9.17, 15) is 0 Å². The molecule has 0 amide bonds. The minimum Gasteiger partial charge on any atom is -0.327 e. The summed E-state index contributed by atoms with van der Waals surface area (Å²) in [6.45, 7) is 2.22. The first-order valence-electron chi connectivity index (χ1n) is 5.58. The van der Waals surface area contributed by atoms with Gasteiger partial charge < -0.3 is 5.73 Å². The average Bonchev–Trinajstić information content (AvgIpc) is 3.02. The molecule has 0 aromatic heterocycles. The number of hydrogen-bond donors (Lipinski definition) is 1. The van der Waals surface area contributed by atoms with Crippen molar-refractivity contribution in [2.24, 2.45) is 17.6 Å². The van der Waals surface area contributed by atoms with Gasteiger partial charge in [-0.3, -0.25) is 0 Å². The van der Waals surface area contributed by atoms with Gasteiger partial charge in [0.1, 0.15) is 0 Å². The summed E-state index contributed by atoms with van der Waals surface area (Å²) >= 11 is 0. The molecule has 1 aromatic rings. The Morgan fingerprint density at radius 3 is 2.50 bits per heavy atom. The molecular weight excluding hydrogens is 170 g/mol. The van der Waals surface area contributed by atoms with Gasteiger partial charge >= 0.3 is 0 Å². The maximum atomic E-state index is 5.89. The smallest absolute Gasteiger partial charge is 0.00739 e. The van der Waals surface area contributed by atoms with Crippen molar-refractivity contribution in [3.8, 4) is 0 Å². The van der Waals surface area contributed by atoms with Crippen molar-refractivity contribution in [2.45, 2.75) is 31.7 Å². The van der Waals surface area contributed by atoms with E-state index in [1.807, 2.05) is 0 Å². The van der Waals surface area contributed by atoms with E-state index in [4.69, 9.17) is 5.73 Å². The van der Waals surface area contributed by atoms with Crippen LogP contribution in [0.15, 0.2) is 24.3 Å². The first-order valence-corrected chi connectivity index (χ1v) is 5.58. The van der Waals surface area contributed by atoms with Gasteiger partial charge in [-0.1, -0.05) is 24.3 Å². The van der Waals surface area contributed by atoms with Crippen molar-refractivity contribution in [3.05, 3.63) is 35.4 Å². The fourth-order valence-electron chi connectivity index (χ4n) is 2.78. The zero-order valence-corrected chi connectivity index (χ0v) is 8.61. The molecule has 2 N–H and O–H groups in total. The number of benzene rings is 1. The van der Waals surface area contributed by atoms with Gasteiger partial charge in [-0.25, -0.2) is 0 Å². The second-order valence-corrected chi connectivity index (χ2v) is 4.93. The summed E-state index contributed by atoms with van der Waals surface area (Å²) in [4.78, 5) is 0. The number of rotatable bonds is 2. The van der Waals surface area contributed by atoms with Crippen LogP contribution in [0.5, 0.6) is 0 Å². The Morgan fingerprint density at radius 1 is 1.14 bits per heavy atom. The predicted octanol–water partition coefficient (Wildman–Crippen LogP) is 2.45. The van der Waals surface area contributed by atoms with Gasteiger partial charge in [0.2, 0.25) is 0 Å². The van der Waals surface area contributed by atoms with E-state index in [-0.39, 0.29) is 0 Å². The monoisotopic (exact) mass is 187 g/mol. The van der Waals surface area contributed by atoms with Crippen molar-refractivity contribution in [3.63, 3.8) is 0 Å². The average molecular weight is 187 g/mol. The summed E-state index contributed by atoms with van der Waals surface area (Å²) < 4.78 is 0. The fraction of sp³-hybridized carbons (Fsp3) is 0.538. The molecule has 74 valence electrons. The molecule has 14 heavy (non-hydrogen) atoms. The minimum absolute atomic E-state index is 0.522. The fourth-order valence-corrected chi connectivity index (χ4v) is 2.78. The highest BCUT2D eigenvalue weighted by Gasteiger charge is 2.52. The number of nitrogens with two attached hydrogens (primary N) is 1. The lowest BCUT2D eigenvalue weighted by molar-refractivity contribution is 0.663. The molecule has 1 nitrogen and oxygen atoms in total. The Kier molecular flexibility index (Phi) is 1.72. The predicted molar refractivity (Wildman–Crippen MR) is 58.1 cm³/mol. The van der Waals surface area contributed by atoms with Crippen LogP contribution in [-0.4, -0.2) is 6.04 Å². The van der Waals surface area contributed by atoms with Crippen molar-refractivity contribution in [2.75, 3.05) is 0 Å². The lowest BCUT2D eigenvalue weighted by Gasteiger charge is -2.03. The van der Waals surface area contributed by atoms with Crippen LogP contribution in [-0.2, 0) is 0 Å². The van der Waals surface area contributed by atoms with E-state index >= 15 is 0 Å². The van der Waals surface area contributed by atoms with Crippen LogP contribution in [0, 0.1) is 18.8 Å². The second-order valence-electron chi connectivity index (χ2n) is 4.93. The van der Waals surface area contributed by atoms with Gasteiger partial charge in [0.25, 0.3) is 0 Å². The van der Waals surface area contributed by atoms with Crippen LogP contribution in [0.25, 0.3) is 0 Å². The molecule has 1 aromatic carbocycles. The quantitative estimate of drug-likeness (QED) is 0.756. The van der Waals surface area contributed by atoms with Gasteiger partial charge in [-0.15, -0.1) is 0 Å². The van der Waals surface area contributed by atoms with Crippen LogP contribution < -0.4 is 5.73 Å². The van der Waals surface area contributed by atoms with Crippen molar-refractivity contribution >= 4 is 0 Å². The molecule has 2 fully saturated rings. The largest absolute Gasteiger partial charge is 0.327 e. The minimum atomic E-state index is 0.522. The molecule has 0 heterocycles. The van der Waals surface area contributed by atoms with Gasteiger partial charge in [-0.05, 0) is 48.6 Å². The van der Waals surface area contributed by atoms with Gasteiger partial charge in [0.15, 0.2) is 0 Å². The highest BCUT2D eigenvalue weighted by Crippen LogP contribution is 2.59. The molecule has 3 rings (SSSR count). The molecular formula is C13H17N. The summed E-state index contributed by atoms with van der Waals surface area (Å²) in [5.41, 5.74) is 8.91. The molecule has 4 unspecified atom stereocenters. The molecule has 0 aliphatic heterocycles. The third kappa shape index (κ3) is 1.27. The lowest BCUT2D eigenvalue weighted by atomic mass is 10.0.